The van der Waals surface area contributed by atoms with Crippen molar-refractivity contribution >= 4 is 0 Å². The largest absolute Gasteiger partial charge is 0.497 e. The summed E-state index contributed by atoms with van der Waals surface area (Å²) in [6.07, 6.45) is 0. The minimum absolute atomic E-state index is 0.280. The summed E-state index contributed by atoms with van der Waals surface area (Å²) < 4.78 is 6.42. The maximum Gasteiger partial charge on any atom is 0.268 e. The van der Waals surface area contributed by atoms with Gasteiger partial charge in [-0.3, -0.25) is 4.79 Å². The van der Waals surface area contributed by atoms with E-state index in [-0.39, 0.29) is 5.56 Å². The standard InChI is InChI=1S/C14H13N3O2/c1-10-12(8-15)7-14(18)17(16-10)9-11-3-5-13(19-2)6-4-11/h3-7H,9H2,1-2H3. The average Bonchev–Trinajstić information content (AvgIpc) is 2.43. The number of benzene rings is 1. The van der Waals surface area contributed by atoms with E-state index < -0.39 is 0 Å². The smallest absolute Gasteiger partial charge is 0.268 e. The van der Waals surface area contributed by atoms with Gasteiger partial charge in [0.1, 0.15) is 11.8 Å². The summed E-state index contributed by atoms with van der Waals surface area (Å²) in [4.78, 5) is 11.8. The van der Waals surface area contributed by atoms with Gasteiger partial charge in [0, 0.05) is 6.07 Å². The Morgan fingerprint density at radius 1 is 1.37 bits per heavy atom. The van der Waals surface area contributed by atoms with Gasteiger partial charge < -0.3 is 4.74 Å². The van der Waals surface area contributed by atoms with E-state index in [0.717, 1.165) is 11.3 Å². The topological polar surface area (TPSA) is 67.9 Å². The second-order valence-corrected chi connectivity index (χ2v) is 4.10. The molecule has 1 aromatic carbocycles. The minimum Gasteiger partial charge on any atom is -0.497 e. The zero-order valence-electron chi connectivity index (χ0n) is 10.8. The first-order chi connectivity index (χ1) is 9.13. The van der Waals surface area contributed by atoms with E-state index in [1.54, 1.807) is 14.0 Å². The predicted octanol–water partition coefficient (Wildman–Crippen LogP) is 1.48. The number of aryl methyl sites for hydroxylation is 1. The third kappa shape index (κ3) is 2.80. The van der Waals surface area contributed by atoms with Gasteiger partial charge in [0.2, 0.25) is 0 Å². The number of nitriles is 1. The number of rotatable bonds is 3. The lowest BCUT2D eigenvalue weighted by Gasteiger charge is -2.07. The molecule has 0 atom stereocenters. The van der Waals surface area contributed by atoms with Crippen LogP contribution in [-0.2, 0) is 6.54 Å². The summed E-state index contributed by atoms with van der Waals surface area (Å²) in [5.41, 5.74) is 1.53. The molecule has 0 fully saturated rings. The third-order valence-corrected chi connectivity index (χ3v) is 2.79. The first-order valence-corrected chi connectivity index (χ1v) is 5.76. The van der Waals surface area contributed by atoms with Gasteiger partial charge in [-0.25, -0.2) is 4.68 Å². The molecule has 0 radical (unpaired) electrons. The highest BCUT2D eigenvalue weighted by Gasteiger charge is 2.05. The molecule has 0 aliphatic carbocycles. The van der Waals surface area contributed by atoms with Crippen LogP contribution in [0.1, 0.15) is 16.8 Å². The molecule has 0 aliphatic heterocycles. The van der Waals surface area contributed by atoms with Crippen LogP contribution < -0.4 is 10.3 Å². The van der Waals surface area contributed by atoms with Crippen LogP contribution in [0.25, 0.3) is 0 Å². The van der Waals surface area contributed by atoms with E-state index in [1.165, 1.54) is 10.7 Å². The average molecular weight is 255 g/mol. The monoisotopic (exact) mass is 255 g/mol. The molecule has 1 heterocycles. The highest BCUT2D eigenvalue weighted by Crippen LogP contribution is 2.11. The molecule has 0 spiro atoms. The van der Waals surface area contributed by atoms with Gasteiger partial charge in [-0.2, -0.15) is 10.4 Å². The minimum atomic E-state index is -0.280. The molecule has 0 bridgehead atoms. The number of hydrogen-bond acceptors (Lipinski definition) is 4. The van der Waals surface area contributed by atoms with Crippen molar-refractivity contribution in [2.24, 2.45) is 0 Å². The van der Waals surface area contributed by atoms with Crippen molar-refractivity contribution in [2.75, 3.05) is 7.11 Å². The van der Waals surface area contributed by atoms with E-state index >= 15 is 0 Å². The number of aromatic nitrogens is 2. The van der Waals surface area contributed by atoms with Gasteiger partial charge >= 0.3 is 0 Å². The van der Waals surface area contributed by atoms with E-state index in [1.807, 2.05) is 30.3 Å². The van der Waals surface area contributed by atoms with Gasteiger partial charge in [0.05, 0.1) is 24.9 Å². The van der Waals surface area contributed by atoms with Crippen molar-refractivity contribution < 1.29 is 4.74 Å². The summed E-state index contributed by atoms with van der Waals surface area (Å²) >= 11 is 0. The Bertz CT molecular complexity index is 681. The van der Waals surface area contributed by atoms with Crippen LogP contribution >= 0.6 is 0 Å². The second-order valence-electron chi connectivity index (χ2n) is 4.10. The van der Waals surface area contributed by atoms with Crippen molar-refractivity contribution in [3.63, 3.8) is 0 Å². The first kappa shape index (κ1) is 12.8. The van der Waals surface area contributed by atoms with Crippen LogP contribution in [0.3, 0.4) is 0 Å². The summed E-state index contributed by atoms with van der Waals surface area (Å²) in [7, 11) is 1.60. The highest BCUT2D eigenvalue weighted by atomic mass is 16.5. The molecule has 0 saturated heterocycles. The number of ether oxygens (including phenoxy) is 1. The maximum absolute atomic E-state index is 11.8. The summed E-state index contributed by atoms with van der Waals surface area (Å²) in [6.45, 7) is 2.08. The molecule has 5 heteroatoms. The third-order valence-electron chi connectivity index (χ3n) is 2.79. The normalized spacial score (nSPS) is 9.95. The number of hydrogen-bond donors (Lipinski definition) is 0. The molecule has 2 rings (SSSR count). The van der Waals surface area contributed by atoms with E-state index in [9.17, 15) is 4.79 Å². The first-order valence-electron chi connectivity index (χ1n) is 5.76. The Hall–Kier alpha value is -2.61. The number of methoxy groups -OCH3 is 1. The van der Waals surface area contributed by atoms with Crippen molar-refractivity contribution in [2.45, 2.75) is 13.5 Å². The molecular weight excluding hydrogens is 242 g/mol. The fraction of sp³-hybridized carbons (Fsp3) is 0.214. The van der Waals surface area contributed by atoms with Crippen LogP contribution in [0.2, 0.25) is 0 Å². The van der Waals surface area contributed by atoms with Gasteiger partial charge in [-0.05, 0) is 24.6 Å². The molecule has 5 nitrogen and oxygen atoms in total. The molecular formula is C14H13N3O2. The summed E-state index contributed by atoms with van der Waals surface area (Å²) in [5, 5.41) is 13.0. The fourth-order valence-electron chi connectivity index (χ4n) is 1.72. The summed E-state index contributed by atoms with van der Waals surface area (Å²) in [6, 6.07) is 10.7. The van der Waals surface area contributed by atoms with E-state index in [4.69, 9.17) is 10.00 Å². The zero-order valence-corrected chi connectivity index (χ0v) is 10.8. The lowest BCUT2D eigenvalue weighted by Crippen LogP contribution is -2.24. The van der Waals surface area contributed by atoms with Gasteiger partial charge in [0.25, 0.3) is 5.56 Å². The van der Waals surface area contributed by atoms with Crippen molar-refractivity contribution in [3.05, 3.63) is 57.5 Å². The second kappa shape index (κ2) is 5.36. The fourth-order valence-corrected chi connectivity index (χ4v) is 1.72. The van der Waals surface area contributed by atoms with Crippen molar-refractivity contribution in [1.29, 1.82) is 5.26 Å². The van der Waals surface area contributed by atoms with Gasteiger partial charge in [-0.1, -0.05) is 12.1 Å². The molecule has 1 aromatic heterocycles. The van der Waals surface area contributed by atoms with E-state index in [2.05, 4.69) is 5.10 Å². The van der Waals surface area contributed by atoms with Crippen molar-refractivity contribution in [3.8, 4) is 11.8 Å². The highest BCUT2D eigenvalue weighted by molar-refractivity contribution is 5.31. The van der Waals surface area contributed by atoms with E-state index in [0.29, 0.717) is 17.8 Å². The summed E-state index contributed by atoms with van der Waals surface area (Å²) in [5.74, 6) is 0.764. The lowest BCUT2D eigenvalue weighted by atomic mass is 10.2. The Morgan fingerprint density at radius 2 is 2.05 bits per heavy atom. The van der Waals surface area contributed by atoms with Gasteiger partial charge in [-0.15, -0.1) is 0 Å². The molecule has 0 unspecified atom stereocenters. The van der Waals surface area contributed by atoms with Crippen LogP contribution in [0.15, 0.2) is 35.1 Å². The van der Waals surface area contributed by atoms with Gasteiger partial charge in [0.15, 0.2) is 0 Å². The molecule has 19 heavy (non-hydrogen) atoms. The van der Waals surface area contributed by atoms with Crippen LogP contribution in [-0.4, -0.2) is 16.9 Å². The molecule has 0 aliphatic rings. The molecule has 2 aromatic rings. The molecule has 0 amide bonds. The molecule has 0 N–H and O–H groups in total. The van der Waals surface area contributed by atoms with Crippen LogP contribution in [0.4, 0.5) is 0 Å². The quantitative estimate of drug-likeness (QED) is 0.833. The Morgan fingerprint density at radius 3 is 2.63 bits per heavy atom. The number of nitrogens with zero attached hydrogens (tertiary/aromatic N) is 3. The maximum atomic E-state index is 11.8. The van der Waals surface area contributed by atoms with Crippen molar-refractivity contribution in [1.82, 2.24) is 9.78 Å². The van der Waals surface area contributed by atoms with Crippen LogP contribution in [0.5, 0.6) is 5.75 Å². The SMILES string of the molecule is COc1ccc(Cn2nc(C)c(C#N)cc2=O)cc1. The molecule has 0 saturated carbocycles. The van der Waals surface area contributed by atoms with Crippen LogP contribution in [0, 0.1) is 18.3 Å². The zero-order chi connectivity index (χ0) is 13.8. The Balaban J connectivity index is 2.30. The Kier molecular flexibility index (Phi) is 3.62. The molecule has 96 valence electrons. The lowest BCUT2D eigenvalue weighted by molar-refractivity contribution is 0.414. The Labute approximate surface area is 110 Å². The predicted molar refractivity (Wildman–Crippen MR) is 70.0 cm³/mol.